The normalized spacial score (nSPS) is 9.96. The second kappa shape index (κ2) is 8.58. The van der Waals surface area contributed by atoms with Crippen LogP contribution in [0.5, 0.6) is 0 Å². The first-order valence-electron chi connectivity index (χ1n) is 7.66. The van der Waals surface area contributed by atoms with Gasteiger partial charge in [-0.25, -0.2) is 0 Å². The largest absolute Gasteiger partial charge is 0.376 e. The third kappa shape index (κ3) is 5.47. The number of carbonyl (C=O) groups is 2. The van der Waals surface area contributed by atoms with Crippen molar-refractivity contribution in [3.8, 4) is 0 Å². The molecule has 0 aliphatic carbocycles. The van der Waals surface area contributed by atoms with Gasteiger partial charge in [0.1, 0.15) is 0 Å². The van der Waals surface area contributed by atoms with Crippen molar-refractivity contribution >= 4 is 23.2 Å². The summed E-state index contributed by atoms with van der Waals surface area (Å²) in [6.45, 7) is 2.84. The van der Waals surface area contributed by atoms with E-state index in [1.54, 1.807) is 24.3 Å². The van der Waals surface area contributed by atoms with Gasteiger partial charge in [0.15, 0.2) is 0 Å². The summed E-state index contributed by atoms with van der Waals surface area (Å²) in [6, 6.07) is 16.4. The predicted molar refractivity (Wildman–Crippen MR) is 92.6 cm³/mol. The highest BCUT2D eigenvalue weighted by molar-refractivity contribution is 5.95. The molecule has 0 heterocycles. The van der Waals surface area contributed by atoms with Crippen molar-refractivity contribution in [1.82, 2.24) is 5.32 Å². The van der Waals surface area contributed by atoms with Crippen LogP contribution in [0.25, 0.3) is 0 Å². The molecule has 5 nitrogen and oxygen atoms in total. The first-order chi connectivity index (χ1) is 11.2. The molecule has 0 aliphatic rings. The first-order valence-corrected chi connectivity index (χ1v) is 7.66. The van der Waals surface area contributed by atoms with Crippen molar-refractivity contribution in [3.63, 3.8) is 0 Å². The van der Waals surface area contributed by atoms with Crippen LogP contribution in [0.4, 0.5) is 11.4 Å². The molecular formula is C18H21N3O2. The van der Waals surface area contributed by atoms with Crippen molar-refractivity contribution in [2.24, 2.45) is 0 Å². The highest BCUT2D eigenvalue weighted by atomic mass is 16.2. The number of anilines is 2. The Morgan fingerprint density at radius 3 is 2.26 bits per heavy atom. The molecule has 0 radical (unpaired) electrons. The van der Waals surface area contributed by atoms with Crippen molar-refractivity contribution < 1.29 is 9.59 Å². The Morgan fingerprint density at radius 1 is 0.913 bits per heavy atom. The maximum absolute atomic E-state index is 11.8. The zero-order valence-electron chi connectivity index (χ0n) is 13.1. The van der Waals surface area contributed by atoms with E-state index in [9.17, 15) is 9.59 Å². The van der Waals surface area contributed by atoms with Crippen LogP contribution < -0.4 is 16.0 Å². The summed E-state index contributed by atoms with van der Waals surface area (Å²) >= 11 is 0. The molecule has 0 spiro atoms. The van der Waals surface area contributed by atoms with Gasteiger partial charge in [-0.05, 0) is 42.8 Å². The van der Waals surface area contributed by atoms with Crippen LogP contribution in [-0.2, 0) is 4.79 Å². The van der Waals surface area contributed by atoms with E-state index in [1.807, 2.05) is 37.3 Å². The molecule has 2 rings (SSSR count). The average molecular weight is 311 g/mol. The van der Waals surface area contributed by atoms with E-state index in [4.69, 9.17) is 0 Å². The van der Waals surface area contributed by atoms with Crippen LogP contribution in [-0.4, -0.2) is 24.9 Å². The molecule has 0 atom stereocenters. The smallest absolute Gasteiger partial charge is 0.251 e. The molecular weight excluding hydrogens is 290 g/mol. The van der Waals surface area contributed by atoms with Gasteiger partial charge in [-0.3, -0.25) is 9.59 Å². The second-order valence-electron chi connectivity index (χ2n) is 5.10. The summed E-state index contributed by atoms with van der Waals surface area (Å²) in [5.41, 5.74) is 2.17. The number of carbonyl (C=O) groups excluding carboxylic acids is 2. The van der Waals surface area contributed by atoms with Crippen LogP contribution in [0.2, 0.25) is 0 Å². The lowest BCUT2D eigenvalue weighted by molar-refractivity contribution is -0.114. The molecule has 0 saturated carbocycles. The molecule has 23 heavy (non-hydrogen) atoms. The van der Waals surface area contributed by atoms with Crippen LogP contribution >= 0.6 is 0 Å². The Labute approximate surface area is 136 Å². The van der Waals surface area contributed by atoms with Gasteiger partial charge >= 0.3 is 0 Å². The topological polar surface area (TPSA) is 70.2 Å². The monoisotopic (exact) mass is 311 g/mol. The van der Waals surface area contributed by atoms with Gasteiger partial charge in [0.05, 0.1) is 6.54 Å². The molecule has 5 heteroatoms. The second-order valence-corrected chi connectivity index (χ2v) is 5.10. The quantitative estimate of drug-likeness (QED) is 0.736. The predicted octanol–water partition coefficient (Wildman–Crippen LogP) is 2.88. The Hall–Kier alpha value is -2.82. The highest BCUT2D eigenvalue weighted by Crippen LogP contribution is 2.10. The third-order valence-electron chi connectivity index (χ3n) is 3.19. The minimum absolute atomic E-state index is 0.0831. The van der Waals surface area contributed by atoms with E-state index in [2.05, 4.69) is 16.0 Å². The fourth-order valence-corrected chi connectivity index (χ4v) is 1.99. The summed E-state index contributed by atoms with van der Waals surface area (Å²) < 4.78 is 0. The molecule has 2 aromatic rings. The van der Waals surface area contributed by atoms with E-state index in [0.29, 0.717) is 12.1 Å². The lowest BCUT2D eigenvalue weighted by Crippen LogP contribution is -2.24. The zero-order chi connectivity index (χ0) is 16.5. The number of hydrogen-bond acceptors (Lipinski definition) is 3. The molecule has 0 aliphatic heterocycles. The summed E-state index contributed by atoms with van der Waals surface area (Å²) in [7, 11) is 0. The molecule has 3 N–H and O–H groups in total. The lowest BCUT2D eigenvalue weighted by Gasteiger charge is -2.09. The summed E-state index contributed by atoms with van der Waals surface area (Å²) in [4.78, 5) is 23.6. The van der Waals surface area contributed by atoms with Crippen LogP contribution in [0.3, 0.4) is 0 Å². The zero-order valence-corrected chi connectivity index (χ0v) is 13.1. The number of para-hydroxylation sites is 1. The Balaban J connectivity index is 1.81. The maximum atomic E-state index is 11.8. The van der Waals surface area contributed by atoms with Gasteiger partial charge in [0.2, 0.25) is 5.91 Å². The van der Waals surface area contributed by atoms with Crippen LogP contribution in [0, 0.1) is 0 Å². The summed E-state index contributed by atoms with van der Waals surface area (Å²) in [5, 5.41) is 8.65. The SMILES string of the molecule is CCCNC(=O)c1ccc(NCC(=O)Nc2ccccc2)cc1. The van der Waals surface area contributed by atoms with Gasteiger partial charge in [0.25, 0.3) is 5.91 Å². The number of benzene rings is 2. The molecule has 0 bridgehead atoms. The van der Waals surface area contributed by atoms with E-state index in [-0.39, 0.29) is 18.4 Å². The minimum Gasteiger partial charge on any atom is -0.376 e. The Morgan fingerprint density at radius 2 is 1.61 bits per heavy atom. The van der Waals surface area contributed by atoms with E-state index in [1.165, 1.54) is 0 Å². The summed E-state index contributed by atoms with van der Waals surface area (Å²) in [6.07, 6.45) is 0.905. The number of nitrogens with one attached hydrogen (secondary N) is 3. The van der Waals surface area contributed by atoms with Gasteiger partial charge in [-0.1, -0.05) is 25.1 Å². The average Bonchev–Trinajstić information content (AvgIpc) is 2.59. The number of rotatable bonds is 7. The fraction of sp³-hybridized carbons (Fsp3) is 0.222. The van der Waals surface area contributed by atoms with E-state index < -0.39 is 0 Å². The Kier molecular flexibility index (Phi) is 6.17. The molecule has 0 saturated heterocycles. The third-order valence-corrected chi connectivity index (χ3v) is 3.19. The van der Waals surface area contributed by atoms with Crippen LogP contribution in [0.15, 0.2) is 54.6 Å². The van der Waals surface area contributed by atoms with Crippen molar-refractivity contribution in [3.05, 3.63) is 60.2 Å². The van der Waals surface area contributed by atoms with Gasteiger partial charge < -0.3 is 16.0 Å². The molecule has 0 unspecified atom stereocenters. The van der Waals surface area contributed by atoms with Crippen LogP contribution in [0.1, 0.15) is 23.7 Å². The highest BCUT2D eigenvalue weighted by Gasteiger charge is 2.05. The molecule has 0 aromatic heterocycles. The fourth-order valence-electron chi connectivity index (χ4n) is 1.99. The molecule has 0 fully saturated rings. The summed E-state index contributed by atoms with van der Waals surface area (Å²) in [5.74, 6) is -0.207. The Bertz CT molecular complexity index is 639. The molecule has 2 aromatic carbocycles. The van der Waals surface area contributed by atoms with Gasteiger partial charge in [-0.15, -0.1) is 0 Å². The maximum Gasteiger partial charge on any atom is 0.251 e. The van der Waals surface area contributed by atoms with Gasteiger partial charge in [-0.2, -0.15) is 0 Å². The number of hydrogen-bond donors (Lipinski definition) is 3. The van der Waals surface area contributed by atoms with Crippen molar-refractivity contribution in [1.29, 1.82) is 0 Å². The number of amides is 2. The van der Waals surface area contributed by atoms with Gasteiger partial charge in [0, 0.05) is 23.5 Å². The molecule has 120 valence electrons. The first kappa shape index (κ1) is 16.5. The lowest BCUT2D eigenvalue weighted by atomic mass is 10.2. The van der Waals surface area contributed by atoms with E-state index in [0.717, 1.165) is 17.8 Å². The van der Waals surface area contributed by atoms with Crippen molar-refractivity contribution in [2.75, 3.05) is 23.7 Å². The minimum atomic E-state index is -0.124. The van der Waals surface area contributed by atoms with Crippen molar-refractivity contribution in [2.45, 2.75) is 13.3 Å². The standard InChI is InChI=1S/C18H21N3O2/c1-2-12-19-18(23)14-8-10-15(11-9-14)20-13-17(22)21-16-6-4-3-5-7-16/h3-11,20H,2,12-13H2,1H3,(H,19,23)(H,21,22). The van der Waals surface area contributed by atoms with E-state index >= 15 is 0 Å². The molecule has 2 amide bonds.